The van der Waals surface area contributed by atoms with Gasteiger partial charge in [0.2, 0.25) is 0 Å². The van der Waals surface area contributed by atoms with Gasteiger partial charge in [0.1, 0.15) is 5.75 Å². The first-order valence-corrected chi connectivity index (χ1v) is 7.63. The summed E-state index contributed by atoms with van der Waals surface area (Å²) in [6.07, 6.45) is 1.04. The molecule has 2 rings (SSSR count). The molecule has 0 saturated carbocycles. The van der Waals surface area contributed by atoms with E-state index >= 15 is 0 Å². The van der Waals surface area contributed by atoms with Gasteiger partial charge in [-0.2, -0.15) is 0 Å². The molecule has 1 unspecified atom stereocenters. The van der Waals surface area contributed by atoms with Gasteiger partial charge in [0.15, 0.2) is 0 Å². The summed E-state index contributed by atoms with van der Waals surface area (Å²) in [5, 5.41) is 5.92. The van der Waals surface area contributed by atoms with Gasteiger partial charge < -0.3 is 14.8 Å². The molecule has 0 heterocycles. The van der Waals surface area contributed by atoms with Gasteiger partial charge in [-0.15, -0.1) is 0 Å². The molecule has 0 amide bonds. The molecule has 3 nitrogen and oxygen atoms in total. The van der Waals surface area contributed by atoms with Crippen molar-refractivity contribution in [3.05, 3.63) is 42.0 Å². The first kappa shape index (κ1) is 15.8. The average Bonchev–Trinajstić information content (AvgIpc) is 2.51. The molecule has 0 spiro atoms. The molecule has 1 N–H and O–H groups in total. The van der Waals surface area contributed by atoms with Crippen LogP contribution in [0.25, 0.3) is 10.8 Å². The molecule has 1 atom stereocenters. The highest BCUT2D eigenvalue weighted by Gasteiger charge is 2.11. The summed E-state index contributed by atoms with van der Waals surface area (Å²) in [7, 11) is 1.72. The molecule has 21 heavy (non-hydrogen) atoms. The van der Waals surface area contributed by atoms with Crippen molar-refractivity contribution in [2.24, 2.45) is 0 Å². The third-order valence-corrected chi connectivity index (χ3v) is 3.61. The first-order chi connectivity index (χ1) is 10.3. The molecule has 0 aliphatic carbocycles. The maximum Gasteiger partial charge on any atom is 0.124 e. The van der Waals surface area contributed by atoms with Crippen LogP contribution in [0.5, 0.6) is 5.75 Å². The molecule has 0 fully saturated rings. The highest BCUT2D eigenvalue weighted by molar-refractivity contribution is 5.87. The maximum absolute atomic E-state index is 6.13. The van der Waals surface area contributed by atoms with Crippen molar-refractivity contribution < 1.29 is 9.47 Å². The van der Waals surface area contributed by atoms with Crippen LogP contribution < -0.4 is 10.1 Å². The van der Waals surface area contributed by atoms with E-state index < -0.39 is 0 Å². The normalized spacial score (nSPS) is 12.5. The van der Waals surface area contributed by atoms with E-state index in [1.54, 1.807) is 7.11 Å². The smallest absolute Gasteiger partial charge is 0.124 e. The Bertz CT molecular complexity index is 568. The Morgan fingerprint density at radius 1 is 1.14 bits per heavy atom. The predicted molar refractivity (Wildman–Crippen MR) is 87.9 cm³/mol. The van der Waals surface area contributed by atoms with E-state index in [1.807, 2.05) is 0 Å². The minimum absolute atomic E-state index is 0.145. The fourth-order valence-corrected chi connectivity index (χ4v) is 2.42. The monoisotopic (exact) mass is 287 g/mol. The lowest BCUT2D eigenvalue weighted by Crippen LogP contribution is -2.18. The summed E-state index contributed by atoms with van der Waals surface area (Å²) in [5.41, 5.74) is 1.24. The number of rotatable bonds is 8. The van der Waals surface area contributed by atoms with Gasteiger partial charge in [0, 0.05) is 32.2 Å². The van der Waals surface area contributed by atoms with Crippen molar-refractivity contribution in [3.63, 3.8) is 0 Å². The molecule has 2 aromatic carbocycles. The van der Waals surface area contributed by atoms with E-state index in [9.17, 15) is 0 Å². The number of nitrogens with one attached hydrogen (secondary N) is 1. The van der Waals surface area contributed by atoms with Crippen LogP contribution in [0.4, 0.5) is 0 Å². The molecule has 2 aromatic rings. The average molecular weight is 287 g/mol. The minimum atomic E-state index is 0.145. The standard InChI is InChI=1S/C18H25NO2/c1-4-19-13-17-16-8-6-5-7-15(16)9-10-18(17)21-14(2)11-12-20-3/h5-10,14,19H,4,11-13H2,1-3H3. The topological polar surface area (TPSA) is 30.5 Å². The minimum Gasteiger partial charge on any atom is -0.490 e. The van der Waals surface area contributed by atoms with Crippen LogP contribution >= 0.6 is 0 Å². The predicted octanol–water partition coefficient (Wildman–Crippen LogP) is 3.75. The van der Waals surface area contributed by atoms with Crippen molar-refractivity contribution in [1.82, 2.24) is 5.32 Å². The Morgan fingerprint density at radius 3 is 2.71 bits per heavy atom. The second-order valence-electron chi connectivity index (χ2n) is 5.25. The largest absolute Gasteiger partial charge is 0.490 e. The van der Waals surface area contributed by atoms with E-state index in [-0.39, 0.29) is 6.10 Å². The number of fused-ring (bicyclic) bond motifs is 1. The molecular weight excluding hydrogens is 262 g/mol. The Morgan fingerprint density at radius 2 is 1.95 bits per heavy atom. The fraction of sp³-hybridized carbons (Fsp3) is 0.444. The van der Waals surface area contributed by atoms with Crippen molar-refractivity contribution in [1.29, 1.82) is 0 Å². The third kappa shape index (κ3) is 4.19. The van der Waals surface area contributed by atoms with Gasteiger partial charge in [0.05, 0.1) is 6.10 Å². The lowest BCUT2D eigenvalue weighted by molar-refractivity contribution is 0.134. The lowest BCUT2D eigenvalue weighted by Gasteiger charge is -2.19. The van der Waals surface area contributed by atoms with Crippen molar-refractivity contribution in [3.8, 4) is 5.75 Å². The zero-order valence-electron chi connectivity index (χ0n) is 13.2. The second-order valence-corrected chi connectivity index (χ2v) is 5.25. The molecular formula is C18H25NO2. The summed E-state index contributed by atoms with van der Waals surface area (Å²) < 4.78 is 11.3. The fourth-order valence-electron chi connectivity index (χ4n) is 2.42. The summed E-state index contributed by atoms with van der Waals surface area (Å²) in [5.74, 6) is 0.971. The first-order valence-electron chi connectivity index (χ1n) is 7.63. The summed E-state index contributed by atoms with van der Waals surface area (Å²) in [4.78, 5) is 0. The molecule has 0 bridgehead atoms. The van der Waals surface area contributed by atoms with E-state index in [0.29, 0.717) is 0 Å². The summed E-state index contributed by atoms with van der Waals surface area (Å²) in [6.45, 7) is 6.70. The number of ether oxygens (including phenoxy) is 2. The summed E-state index contributed by atoms with van der Waals surface area (Å²) in [6, 6.07) is 12.7. The van der Waals surface area contributed by atoms with Gasteiger partial charge >= 0.3 is 0 Å². The van der Waals surface area contributed by atoms with E-state index in [0.717, 1.165) is 31.9 Å². The lowest BCUT2D eigenvalue weighted by atomic mass is 10.0. The molecule has 3 heteroatoms. The van der Waals surface area contributed by atoms with Crippen LogP contribution in [0.2, 0.25) is 0 Å². The number of hydrogen-bond donors (Lipinski definition) is 1. The van der Waals surface area contributed by atoms with Crippen LogP contribution in [-0.4, -0.2) is 26.4 Å². The van der Waals surface area contributed by atoms with Crippen LogP contribution in [0.15, 0.2) is 36.4 Å². The highest BCUT2D eigenvalue weighted by Crippen LogP contribution is 2.29. The van der Waals surface area contributed by atoms with E-state index in [1.165, 1.54) is 16.3 Å². The van der Waals surface area contributed by atoms with Crippen molar-refractivity contribution in [2.45, 2.75) is 32.9 Å². The van der Waals surface area contributed by atoms with Gasteiger partial charge in [0.25, 0.3) is 0 Å². The second kappa shape index (κ2) is 8.01. The molecule has 0 aliphatic heterocycles. The molecule has 0 radical (unpaired) electrons. The van der Waals surface area contributed by atoms with Crippen LogP contribution in [0, 0.1) is 0 Å². The Hall–Kier alpha value is -1.58. The number of benzene rings is 2. The molecule has 114 valence electrons. The number of methoxy groups -OCH3 is 1. The van der Waals surface area contributed by atoms with Crippen LogP contribution in [0.1, 0.15) is 25.8 Å². The SMILES string of the molecule is CCNCc1c(OC(C)CCOC)ccc2ccccc12. The quantitative estimate of drug-likeness (QED) is 0.802. The zero-order valence-corrected chi connectivity index (χ0v) is 13.2. The van der Waals surface area contributed by atoms with Crippen LogP contribution in [0.3, 0.4) is 0 Å². The van der Waals surface area contributed by atoms with E-state index in [2.05, 4.69) is 55.6 Å². The maximum atomic E-state index is 6.13. The van der Waals surface area contributed by atoms with E-state index in [4.69, 9.17) is 9.47 Å². The Kier molecular flexibility index (Phi) is 6.03. The third-order valence-electron chi connectivity index (χ3n) is 3.61. The summed E-state index contributed by atoms with van der Waals surface area (Å²) >= 11 is 0. The van der Waals surface area contributed by atoms with Gasteiger partial charge in [-0.25, -0.2) is 0 Å². The zero-order chi connectivity index (χ0) is 15.1. The molecule has 0 aromatic heterocycles. The van der Waals surface area contributed by atoms with Crippen molar-refractivity contribution in [2.75, 3.05) is 20.3 Å². The molecule has 0 saturated heterocycles. The Labute approximate surface area is 127 Å². The van der Waals surface area contributed by atoms with Crippen LogP contribution in [-0.2, 0) is 11.3 Å². The number of hydrogen-bond acceptors (Lipinski definition) is 3. The Balaban J connectivity index is 2.28. The van der Waals surface area contributed by atoms with Gasteiger partial charge in [-0.3, -0.25) is 0 Å². The van der Waals surface area contributed by atoms with Gasteiger partial charge in [-0.1, -0.05) is 37.3 Å². The molecule has 0 aliphatic rings. The highest BCUT2D eigenvalue weighted by atomic mass is 16.5. The van der Waals surface area contributed by atoms with Gasteiger partial charge in [-0.05, 0) is 30.3 Å². The van der Waals surface area contributed by atoms with Crippen molar-refractivity contribution >= 4 is 10.8 Å².